The molecule has 2 rings (SSSR count). The van der Waals surface area contributed by atoms with Crippen LogP contribution in [-0.2, 0) is 0 Å². The van der Waals surface area contributed by atoms with Gasteiger partial charge in [-0.25, -0.2) is 0 Å². The first-order chi connectivity index (χ1) is 12.0. The van der Waals surface area contributed by atoms with Crippen LogP contribution in [-0.4, -0.2) is 19.1 Å². The molecule has 0 saturated heterocycles. The van der Waals surface area contributed by atoms with Crippen LogP contribution in [0, 0.1) is 6.92 Å². The Bertz CT molecular complexity index is 763. The van der Waals surface area contributed by atoms with Crippen molar-refractivity contribution in [2.45, 2.75) is 27.2 Å². The summed E-state index contributed by atoms with van der Waals surface area (Å²) in [6.07, 6.45) is 0.892. The molecule has 0 aliphatic rings. The Morgan fingerprint density at radius 3 is 2.52 bits per heavy atom. The van der Waals surface area contributed by atoms with Crippen molar-refractivity contribution >= 4 is 43.5 Å². The average Bonchev–Trinajstić information content (AvgIpc) is 2.56. The minimum atomic E-state index is -0.200. The van der Waals surface area contributed by atoms with E-state index in [1.807, 2.05) is 39.0 Å². The Balaban J connectivity index is 2.29. The van der Waals surface area contributed by atoms with E-state index in [9.17, 15) is 4.79 Å². The van der Waals surface area contributed by atoms with Crippen molar-refractivity contribution in [2.24, 2.45) is 0 Å². The molecule has 0 spiro atoms. The number of aryl methyl sites for hydroxylation is 1. The topological polar surface area (TPSA) is 47.6 Å². The number of benzene rings is 2. The summed E-state index contributed by atoms with van der Waals surface area (Å²) in [4.78, 5) is 12.6. The molecule has 1 N–H and O–H groups in total. The van der Waals surface area contributed by atoms with Gasteiger partial charge >= 0.3 is 0 Å². The van der Waals surface area contributed by atoms with Gasteiger partial charge < -0.3 is 14.8 Å². The molecule has 0 aromatic heterocycles. The number of hydrogen-bond acceptors (Lipinski definition) is 3. The zero-order valence-corrected chi connectivity index (χ0v) is 17.7. The first-order valence-electron chi connectivity index (χ1n) is 8.12. The monoisotopic (exact) mass is 469 g/mol. The Labute approximate surface area is 165 Å². The standard InChI is InChI=1S/C19H21Br2NO3/c1-4-8-25-18-15(21)10-13(11-17(18)24-5-2)19(23)22-16-7-6-14(20)9-12(16)3/h6-7,9-11H,4-5,8H2,1-3H3,(H,22,23). The molecule has 25 heavy (non-hydrogen) atoms. The molecule has 0 bridgehead atoms. The van der Waals surface area contributed by atoms with E-state index in [-0.39, 0.29) is 5.91 Å². The Hall–Kier alpha value is -1.53. The second kappa shape index (κ2) is 9.25. The molecule has 2 aromatic rings. The van der Waals surface area contributed by atoms with Gasteiger partial charge in [0.25, 0.3) is 5.91 Å². The van der Waals surface area contributed by atoms with Crippen LogP contribution in [0.15, 0.2) is 39.3 Å². The Morgan fingerprint density at radius 1 is 1.12 bits per heavy atom. The van der Waals surface area contributed by atoms with Crippen LogP contribution in [0.5, 0.6) is 11.5 Å². The van der Waals surface area contributed by atoms with Crippen molar-refractivity contribution in [1.82, 2.24) is 0 Å². The van der Waals surface area contributed by atoms with Crippen molar-refractivity contribution in [3.63, 3.8) is 0 Å². The molecule has 0 heterocycles. The molecule has 0 atom stereocenters. The molecular weight excluding hydrogens is 450 g/mol. The van der Waals surface area contributed by atoms with Gasteiger partial charge in [0.1, 0.15) is 0 Å². The highest BCUT2D eigenvalue weighted by Crippen LogP contribution is 2.37. The summed E-state index contributed by atoms with van der Waals surface area (Å²) in [5, 5.41) is 2.94. The second-order valence-corrected chi connectivity index (χ2v) is 7.25. The van der Waals surface area contributed by atoms with Crippen LogP contribution in [0.25, 0.3) is 0 Å². The minimum Gasteiger partial charge on any atom is -0.490 e. The highest BCUT2D eigenvalue weighted by atomic mass is 79.9. The Morgan fingerprint density at radius 2 is 1.88 bits per heavy atom. The number of halogens is 2. The highest BCUT2D eigenvalue weighted by molar-refractivity contribution is 9.10. The van der Waals surface area contributed by atoms with Gasteiger partial charge in [-0.15, -0.1) is 0 Å². The number of hydrogen-bond donors (Lipinski definition) is 1. The molecule has 4 nitrogen and oxygen atoms in total. The lowest BCUT2D eigenvalue weighted by Gasteiger charge is -2.15. The van der Waals surface area contributed by atoms with Gasteiger partial charge in [0, 0.05) is 15.7 Å². The normalized spacial score (nSPS) is 10.4. The smallest absolute Gasteiger partial charge is 0.255 e. The molecule has 134 valence electrons. The quantitative estimate of drug-likeness (QED) is 0.543. The first kappa shape index (κ1) is 19.8. The van der Waals surface area contributed by atoms with E-state index in [1.54, 1.807) is 12.1 Å². The molecule has 0 radical (unpaired) electrons. The van der Waals surface area contributed by atoms with E-state index < -0.39 is 0 Å². The largest absolute Gasteiger partial charge is 0.490 e. The van der Waals surface area contributed by atoms with Crippen molar-refractivity contribution in [3.05, 3.63) is 50.4 Å². The second-order valence-electron chi connectivity index (χ2n) is 5.48. The fraction of sp³-hybridized carbons (Fsp3) is 0.316. The number of amides is 1. The van der Waals surface area contributed by atoms with E-state index in [4.69, 9.17) is 9.47 Å². The number of anilines is 1. The van der Waals surface area contributed by atoms with E-state index >= 15 is 0 Å². The number of ether oxygens (including phenoxy) is 2. The molecule has 0 aliphatic heterocycles. The third-order valence-corrected chi connectivity index (χ3v) is 4.54. The molecule has 6 heteroatoms. The van der Waals surface area contributed by atoms with E-state index in [2.05, 4.69) is 37.2 Å². The van der Waals surface area contributed by atoms with Crippen molar-refractivity contribution < 1.29 is 14.3 Å². The summed E-state index contributed by atoms with van der Waals surface area (Å²) in [5.74, 6) is 0.984. The maximum absolute atomic E-state index is 12.6. The molecule has 0 unspecified atom stereocenters. The van der Waals surface area contributed by atoms with Crippen molar-refractivity contribution in [2.75, 3.05) is 18.5 Å². The molecule has 0 fully saturated rings. The van der Waals surface area contributed by atoms with Crippen LogP contribution in [0.4, 0.5) is 5.69 Å². The summed E-state index contributed by atoms with van der Waals surface area (Å²) in [5.41, 5.74) is 2.25. The lowest BCUT2D eigenvalue weighted by Crippen LogP contribution is -2.13. The number of rotatable bonds is 7. The fourth-order valence-corrected chi connectivity index (χ4v) is 3.30. The maximum atomic E-state index is 12.6. The van der Waals surface area contributed by atoms with Crippen LogP contribution in [0.2, 0.25) is 0 Å². The molecular formula is C19H21Br2NO3. The van der Waals surface area contributed by atoms with Gasteiger partial charge in [-0.1, -0.05) is 22.9 Å². The number of nitrogens with one attached hydrogen (secondary N) is 1. The van der Waals surface area contributed by atoms with Crippen molar-refractivity contribution in [3.8, 4) is 11.5 Å². The van der Waals surface area contributed by atoms with E-state index in [0.717, 1.165) is 22.1 Å². The minimum absolute atomic E-state index is 0.200. The third-order valence-electron chi connectivity index (χ3n) is 3.46. The number of carbonyl (C=O) groups is 1. The zero-order chi connectivity index (χ0) is 18.4. The predicted octanol–water partition coefficient (Wildman–Crippen LogP) is 5.96. The van der Waals surface area contributed by atoms with E-state index in [1.165, 1.54) is 0 Å². The summed E-state index contributed by atoms with van der Waals surface area (Å²) in [7, 11) is 0. The van der Waals surface area contributed by atoms with Crippen LogP contribution >= 0.6 is 31.9 Å². The lowest BCUT2D eigenvalue weighted by molar-refractivity contribution is 0.102. The van der Waals surface area contributed by atoms with Crippen LogP contribution in [0.1, 0.15) is 36.2 Å². The molecule has 0 saturated carbocycles. The maximum Gasteiger partial charge on any atom is 0.255 e. The first-order valence-corrected chi connectivity index (χ1v) is 9.71. The summed E-state index contributed by atoms with van der Waals surface area (Å²) < 4.78 is 13.1. The summed E-state index contributed by atoms with van der Waals surface area (Å²) in [6, 6.07) is 9.18. The van der Waals surface area contributed by atoms with Gasteiger partial charge in [0.2, 0.25) is 0 Å². The molecule has 1 amide bonds. The van der Waals surface area contributed by atoms with Crippen LogP contribution in [0.3, 0.4) is 0 Å². The van der Waals surface area contributed by atoms with Gasteiger partial charge in [0.15, 0.2) is 11.5 Å². The SMILES string of the molecule is CCCOc1c(Br)cc(C(=O)Nc2ccc(Br)cc2C)cc1OCC. The van der Waals surface area contributed by atoms with Gasteiger partial charge in [-0.3, -0.25) is 4.79 Å². The lowest BCUT2D eigenvalue weighted by atomic mass is 10.1. The van der Waals surface area contributed by atoms with Gasteiger partial charge in [0.05, 0.1) is 17.7 Å². The molecule has 0 aliphatic carbocycles. The number of carbonyl (C=O) groups excluding carboxylic acids is 1. The highest BCUT2D eigenvalue weighted by Gasteiger charge is 2.16. The van der Waals surface area contributed by atoms with Gasteiger partial charge in [-0.2, -0.15) is 0 Å². The van der Waals surface area contributed by atoms with Crippen LogP contribution < -0.4 is 14.8 Å². The van der Waals surface area contributed by atoms with E-state index in [0.29, 0.717) is 34.7 Å². The fourth-order valence-electron chi connectivity index (χ4n) is 2.27. The Kier molecular flexibility index (Phi) is 7.32. The van der Waals surface area contributed by atoms with Crippen molar-refractivity contribution in [1.29, 1.82) is 0 Å². The average molecular weight is 471 g/mol. The van der Waals surface area contributed by atoms with Gasteiger partial charge in [-0.05, 0) is 72.1 Å². The third kappa shape index (κ3) is 5.22. The zero-order valence-electron chi connectivity index (χ0n) is 14.5. The summed E-state index contributed by atoms with van der Waals surface area (Å²) in [6.45, 7) is 6.96. The summed E-state index contributed by atoms with van der Waals surface area (Å²) >= 11 is 6.91. The molecule has 2 aromatic carbocycles. The predicted molar refractivity (Wildman–Crippen MR) is 108 cm³/mol.